The van der Waals surface area contributed by atoms with Gasteiger partial charge in [0.15, 0.2) is 6.61 Å². The Balaban J connectivity index is 1.64. The van der Waals surface area contributed by atoms with E-state index in [1.165, 1.54) is 12.1 Å². The van der Waals surface area contributed by atoms with E-state index >= 15 is 0 Å². The molecule has 2 aromatic heterocycles. The second-order valence-electron chi connectivity index (χ2n) is 5.73. The molecular formula is C17H14F3N3O4. The summed E-state index contributed by atoms with van der Waals surface area (Å²) in [6.45, 7) is 3.09. The Labute approximate surface area is 151 Å². The van der Waals surface area contributed by atoms with Crippen LogP contribution in [0.2, 0.25) is 0 Å². The molecule has 3 aromatic rings. The Hall–Kier alpha value is -3.17. The summed E-state index contributed by atoms with van der Waals surface area (Å²) in [5, 5.41) is 7.37. The molecule has 3 rings (SSSR count). The molecule has 0 fully saturated rings. The van der Waals surface area contributed by atoms with Gasteiger partial charge >= 0.3 is 12.1 Å². The summed E-state index contributed by atoms with van der Waals surface area (Å²) >= 11 is 0. The Morgan fingerprint density at radius 2 is 1.96 bits per heavy atom. The number of carbonyl (C=O) groups excluding carboxylic acids is 1. The largest absolute Gasteiger partial charge is 0.455 e. The molecule has 0 radical (unpaired) electrons. The second-order valence-corrected chi connectivity index (χ2v) is 5.73. The zero-order chi connectivity index (χ0) is 19.6. The zero-order valence-corrected chi connectivity index (χ0v) is 14.3. The van der Waals surface area contributed by atoms with Gasteiger partial charge < -0.3 is 13.8 Å². The molecule has 0 aliphatic heterocycles. The Morgan fingerprint density at radius 1 is 1.19 bits per heavy atom. The van der Waals surface area contributed by atoms with Crippen molar-refractivity contribution in [2.45, 2.75) is 33.1 Å². The van der Waals surface area contributed by atoms with Gasteiger partial charge in [0, 0.05) is 11.1 Å². The third-order valence-corrected chi connectivity index (χ3v) is 3.78. The number of esters is 1. The maximum atomic E-state index is 12.8. The fourth-order valence-corrected chi connectivity index (χ4v) is 2.36. The minimum atomic E-state index is -4.48. The molecule has 0 aliphatic carbocycles. The van der Waals surface area contributed by atoms with E-state index in [0.717, 1.165) is 12.1 Å². The maximum Gasteiger partial charge on any atom is 0.416 e. The Kier molecular flexibility index (Phi) is 4.98. The number of rotatable bonds is 5. The molecule has 0 bridgehead atoms. The van der Waals surface area contributed by atoms with Crippen molar-refractivity contribution in [1.82, 2.24) is 15.3 Å². The standard InChI is InChI=1S/C17H14F3N3O4/c1-9-13(10(2)26-22-9)7-15(24)25-8-14-21-16(23-27-14)11-4-3-5-12(6-11)17(18,19)20/h3-6H,7-8H2,1-2H3. The van der Waals surface area contributed by atoms with Crippen molar-refractivity contribution in [3.63, 3.8) is 0 Å². The smallest absolute Gasteiger partial charge is 0.416 e. The molecule has 142 valence electrons. The number of ether oxygens (including phenoxy) is 1. The number of hydrogen-bond donors (Lipinski definition) is 0. The van der Waals surface area contributed by atoms with E-state index in [4.69, 9.17) is 13.8 Å². The summed E-state index contributed by atoms with van der Waals surface area (Å²) in [6, 6.07) is 4.53. The van der Waals surface area contributed by atoms with E-state index in [0.29, 0.717) is 17.0 Å². The van der Waals surface area contributed by atoms with Crippen LogP contribution in [0, 0.1) is 13.8 Å². The van der Waals surface area contributed by atoms with E-state index in [1.54, 1.807) is 13.8 Å². The first kappa shape index (κ1) is 18.6. The fraction of sp³-hybridized carbons (Fsp3) is 0.294. The maximum absolute atomic E-state index is 12.8. The highest BCUT2D eigenvalue weighted by Gasteiger charge is 2.30. The molecule has 1 aromatic carbocycles. The summed E-state index contributed by atoms with van der Waals surface area (Å²) in [7, 11) is 0. The molecule has 0 amide bonds. The third-order valence-electron chi connectivity index (χ3n) is 3.78. The molecule has 0 N–H and O–H groups in total. The lowest BCUT2D eigenvalue weighted by Crippen LogP contribution is -2.09. The first-order chi connectivity index (χ1) is 12.7. The number of aryl methyl sites for hydroxylation is 2. The average molecular weight is 381 g/mol. The summed E-state index contributed by atoms with van der Waals surface area (Å²) in [6.07, 6.45) is -4.51. The van der Waals surface area contributed by atoms with Gasteiger partial charge in [-0.25, -0.2) is 0 Å². The van der Waals surface area contributed by atoms with Crippen LogP contribution in [-0.2, 0) is 28.7 Å². The quantitative estimate of drug-likeness (QED) is 0.623. The first-order valence-electron chi connectivity index (χ1n) is 7.81. The predicted molar refractivity (Wildman–Crippen MR) is 84.2 cm³/mol. The molecule has 0 saturated heterocycles. The highest BCUT2D eigenvalue weighted by atomic mass is 19.4. The number of benzene rings is 1. The van der Waals surface area contributed by atoms with Crippen molar-refractivity contribution in [3.05, 3.63) is 52.7 Å². The van der Waals surface area contributed by atoms with Crippen molar-refractivity contribution >= 4 is 5.97 Å². The van der Waals surface area contributed by atoms with Gasteiger partial charge in [-0.2, -0.15) is 18.2 Å². The van der Waals surface area contributed by atoms with Crippen LogP contribution in [0.4, 0.5) is 13.2 Å². The van der Waals surface area contributed by atoms with Crippen LogP contribution in [0.3, 0.4) is 0 Å². The van der Waals surface area contributed by atoms with Gasteiger partial charge in [0.05, 0.1) is 17.7 Å². The van der Waals surface area contributed by atoms with E-state index in [-0.39, 0.29) is 30.3 Å². The van der Waals surface area contributed by atoms with Crippen LogP contribution in [0.5, 0.6) is 0 Å². The van der Waals surface area contributed by atoms with Crippen molar-refractivity contribution in [3.8, 4) is 11.4 Å². The number of nitrogens with zero attached hydrogens (tertiary/aromatic N) is 3. The molecule has 0 aliphatic rings. The van der Waals surface area contributed by atoms with Crippen LogP contribution in [0.25, 0.3) is 11.4 Å². The Bertz CT molecular complexity index is 943. The van der Waals surface area contributed by atoms with Gasteiger partial charge in [-0.1, -0.05) is 22.4 Å². The SMILES string of the molecule is Cc1noc(C)c1CC(=O)OCc1nc(-c2cccc(C(F)(F)F)c2)no1. The van der Waals surface area contributed by atoms with Crippen molar-refractivity contribution in [2.75, 3.05) is 0 Å². The Morgan fingerprint density at radius 3 is 2.63 bits per heavy atom. The molecule has 0 unspecified atom stereocenters. The molecule has 0 saturated carbocycles. The number of hydrogen-bond acceptors (Lipinski definition) is 7. The third kappa shape index (κ3) is 4.33. The molecule has 0 atom stereocenters. The first-order valence-corrected chi connectivity index (χ1v) is 7.81. The number of halogens is 3. The van der Waals surface area contributed by atoms with Gasteiger partial charge in [-0.15, -0.1) is 0 Å². The fourth-order valence-electron chi connectivity index (χ4n) is 2.36. The van der Waals surface area contributed by atoms with Crippen molar-refractivity contribution in [1.29, 1.82) is 0 Å². The topological polar surface area (TPSA) is 91.2 Å². The van der Waals surface area contributed by atoms with Crippen LogP contribution in [0.15, 0.2) is 33.3 Å². The predicted octanol–water partition coefficient (Wildman–Crippen LogP) is 3.65. The molecule has 7 nitrogen and oxygen atoms in total. The second kappa shape index (κ2) is 7.22. The monoisotopic (exact) mass is 381 g/mol. The van der Waals surface area contributed by atoms with Crippen LogP contribution in [0.1, 0.15) is 28.5 Å². The molecule has 2 heterocycles. The number of carbonyl (C=O) groups is 1. The molecule has 27 heavy (non-hydrogen) atoms. The molecule has 10 heteroatoms. The summed E-state index contributed by atoms with van der Waals surface area (Å²) in [4.78, 5) is 15.9. The van der Waals surface area contributed by atoms with Crippen molar-refractivity contribution < 1.29 is 31.7 Å². The van der Waals surface area contributed by atoms with E-state index in [9.17, 15) is 18.0 Å². The lowest BCUT2D eigenvalue weighted by Gasteiger charge is -2.06. The van der Waals surface area contributed by atoms with Gasteiger partial charge in [0.1, 0.15) is 5.76 Å². The highest BCUT2D eigenvalue weighted by molar-refractivity contribution is 5.73. The lowest BCUT2D eigenvalue weighted by atomic mass is 10.1. The number of aromatic nitrogens is 3. The normalized spacial score (nSPS) is 11.6. The summed E-state index contributed by atoms with van der Waals surface area (Å²) in [5.74, 6) is -0.0929. The lowest BCUT2D eigenvalue weighted by molar-refractivity contribution is -0.145. The van der Waals surface area contributed by atoms with Crippen LogP contribution in [-0.4, -0.2) is 21.3 Å². The van der Waals surface area contributed by atoms with Crippen molar-refractivity contribution in [2.24, 2.45) is 0 Å². The summed E-state index contributed by atoms with van der Waals surface area (Å²) < 4.78 is 53.3. The van der Waals surface area contributed by atoms with Gasteiger partial charge in [0.2, 0.25) is 5.82 Å². The van der Waals surface area contributed by atoms with Gasteiger partial charge in [-0.05, 0) is 26.0 Å². The van der Waals surface area contributed by atoms with Gasteiger partial charge in [-0.3, -0.25) is 4.79 Å². The minimum Gasteiger partial charge on any atom is -0.455 e. The van der Waals surface area contributed by atoms with Crippen LogP contribution < -0.4 is 0 Å². The van der Waals surface area contributed by atoms with Gasteiger partial charge in [0.25, 0.3) is 5.89 Å². The summed E-state index contributed by atoms with van der Waals surface area (Å²) in [5.41, 5.74) is 0.545. The van der Waals surface area contributed by atoms with E-state index in [2.05, 4.69) is 15.3 Å². The molecular weight excluding hydrogens is 367 g/mol. The van der Waals surface area contributed by atoms with E-state index < -0.39 is 17.7 Å². The van der Waals surface area contributed by atoms with E-state index in [1.807, 2.05) is 0 Å². The highest BCUT2D eigenvalue weighted by Crippen LogP contribution is 2.31. The minimum absolute atomic E-state index is 0.0297. The average Bonchev–Trinajstić information content (AvgIpc) is 3.21. The van der Waals surface area contributed by atoms with Crippen LogP contribution >= 0.6 is 0 Å². The number of alkyl halides is 3. The molecule has 0 spiro atoms. The zero-order valence-electron chi connectivity index (χ0n) is 14.3.